The second-order valence-corrected chi connectivity index (χ2v) is 6.68. The molecule has 2 aliphatic rings. The fraction of sp³-hybridized carbons (Fsp3) is 0.381. The van der Waals surface area contributed by atoms with Crippen molar-refractivity contribution in [2.75, 3.05) is 33.6 Å². The van der Waals surface area contributed by atoms with Gasteiger partial charge in [0.15, 0.2) is 11.5 Å². The highest BCUT2D eigenvalue weighted by Crippen LogP contribution is 2.38. The number of nitrogens with zero attached hydrogens (tertiary/aromatic N) is 1. The second kappa shape index (κ2) is 7.98. The number of amides is 1. The number of morpholine rings is 1. The fourth-order valence-electron chi connectivity index (χ4n) is 3.46. The summed E-state index contributed by atoms with van der Waals surface area (Å²) >= 11 is 0. The normalized spacial score (nSPS) is 21.3. The molecule has 4 rings (SSSR count). The van der Waals surface area contributed by atoms with Gasteiger partial charge < -0.3 is 23.8 Å². The number of fused-ring (bicyclic) bond motifs is 1. The van der Waals surface area contributed by atoms with Gasteiger partial charge in [-0.1, -0.05) is 36.4 Å². The minimum Gasteiger partial charge on any atom is -0.454 e. The number of carbonyl (C=O) groups excluding carboxylic acids is 1. The molecule has 2 aliphatic heterocycles. The van der Waals surface area contributed by atoms with Crippen molar-refractivity contribution < 1.29 is 23.7 Å². The average molecular weight is 369 g/mol. The summed E-state index contributed by atoms with van der Waals surface area (Å²) in [7, 11) is 1.61. The van der Waals surface area contributed by atoms with Crippen LogP contribution in [0.15, 0.2) is 48.5 Å². The maximum absolute atomic E-state index is 12.6. The molecule has 2 aromatic carbocycles. The van der Waals surface area contributed by atoms with E-state index >= 15 is 0 Å². The first-order valence-corrected chi connectivity index (χ1v) is 9.11. The molecule has 1 saturated heterocycles. The molecule has 0 aliphatic carbocycles. The maximum atomic E-state index is 12.6. The monoisotopic (exact) mass is 369 g/mol. The lowest BCUT2D eigenvalue weighted by Gasteiger charge is -2.38. The zero-order valence-electron chi connectivity index (χ0n) is 15.3. The van der Waals surface area contributed by atoms with Crippen molar-refractivity contribution in [1.82, 2.24) is 4.90 Å². The van der Waals surface area contributed by atoms with Crippen molar-refractivity contribution in [2.45, 2.75) is 18.6 Å². The Bertz CT molecular complexity index is 794. The number of hydrogen-bond donors (Lipinski definition) is 0. The number of carbonyl (C=O) groups is 1. The Kier molecular flexibility index (Phi) is 5.27. The van der Waals surface area contributed by atoms with Crippen LogP contribution in [-0.2, 0) is 14.3 Å². The van der Waals surface area contributed by atoms with E-state index in [0.717, 1.165) is 22.6 Å². The van der Waals surface area contributed by atoms with Crippen molar-refractivity contribution in [1.29, 1.82) is 0 Å². The molecule has 1 fully saturated rings. The highest BCUT2D eigenvalue weighted by Gasteiger charge is 2.32. The summed E-state index contributed by atoms with van der Waals surface area (Å²) in [5, 5.41) is 0. The predicted octanol–water partition coefficient (Wildman–Crippen LogP) is 3.09. The van der Waals surface area contributed by atoms with Gasteiger partial charge in [0, 0.05) is 7.11 Å². The summed E-state index contributed by atoms with van der Waals surface area (Å²) < 4.78 is 22.3. The molecule has 0 bridgehead atoms. The zero-order valence-corrected chi connectivity index (χ0v) is 15.3. The van der Waals surface area contributed by atoms with Crippen molar-refractivity contribution >= 4 is 5.91 Å². The van der Waals surface area contributed by atoms with Crippen LogP contribution in [0.5, 0.6) is 11.5 Å². The summed E-state index contributed by atoms with van der Waals surface area (Å²) in [6, 6.07) is 15.8. The number of ether oxygens (including phenoxy) is 4. The Morgan fingerprint density at radius 3 is 2.56 bits per heavy atom. The third-order valence-electron chi connectivity index (χ3n) is 4.91. The van der Waals surface area contributed by atoms with Gasteiger partial charge in [-0.05, 0) is 23.3 Å². The lowest BCUT2D eigenvalue weighted by molar-refractivity contribution is -0.147. The molecule has 2 atom stereocenters. The maximum Gasteiger partial charge on any atom is 0.231 e. The highest BCUT2D eigenvalue weighted by molar-refractivity contribution is 5.76. The second-order valence-electron chi connectivity index (χ2n) is 6.68. The molecular weight excluding hydrogens is 346 g/mol. The molecule has 1 amide bonds. The Morgan fingerprint density at radius 2 is 1.78 bits per heavy atom. The minimum absolute atomic E-state index is 0.0758. The van der Waals surface area contributed by atoms with E-state index in [9.17, 15) is 4.79 Å². The van der Waals surface area contributed by atoms with Gasteiger partial charge in [-0.15, -0.1) is 0 Å². The van der Waals surface area contributed by atoms with E-state index in [1.165, 1.54) is 0 Å². The van der Waals surface area contributed by atoms with Crippen LogP contribution < -0.4 is 9.47 Å². The molecule has 0 aromatic heterocycles. The van der Waals surface area contributed by atoms with Crippen LogP contribution in [0.4, 0.5) is 0 Å². The van der Waals surface area contributed by atoms with Gasteiger partial charge in [0.25, 0.3) is 0 Å². The van der Waals surface area contributed by atoms with Crippen LogP contribution in [-0.4, -0.2) is 44.4 Å². The molecule has 0 unspecified atom stereocenters. The van der Waals surface area contributed by atoms with Crippen LogP contribution in [0.2, 0.25) is 0 Å². The quantitative estimate of drug-likeness (QED) is 0.811. The molecule has 27 heavy (non-hydrogen) atoms. The van der Waals surface area contributed by atoms with E-state index in [0.29, 0.717) is 26.1 Å². The van der Waals surface area contributed by atoms with Crippen LogP contribution in [0.3, 0.4) is 0 Å². The first kappa shape index (κ1) is 17.8. The first-order chi connectivity index (χ1) is 13.2. The van der Waals surface area contributed by atoms with E-state index in [4.69, 9.17) is 18.9 Å². The Hall–Kier alpha value is -2.57. The summed E-state index contributed by atoms with van der Waals surface area (Å²) in [5.74, 6) is 1.53. The Morgan fingerprint density at radius 1 is 1.04 bits per heavy atom. The standard InChI is InChI=1S/C21H23NO5/c1-24-10-9-21(23)22-12-19(15-5-3-2-4-6-15)27-20(13-22)16-7-8-17-18(11-16)26-14-25-17/h2-8,11,19-20H,9-10,12-14H2,1H3/t19-,20+/m0/s1. The largest absolute Gasteiger partial charge is 0.454 e. The lowest BCUT2D eigenvalue weighted by atomic mass is 10.0. The van der Waals surface area contributed by atoms with E-state index in [1.54, 1.807) is 7.11 Å². The van der Waals surface area contributed by atoms with Crippen molar-refractivity contribution in [2.24, 2.45) is 0 Å². The number of methoxy groups -OCH3 is 1. The van der Waals surface area contributed by atoms with Gasteiger partial charge in [0.1, 0.15) is 12.2 Å². The average Bonchev–Trinajstić information content (AvgIpc) is 3.20. The Balaban J connectivity index is 1.59. The van der Waals surface area contributed by atoms with Crippen molar-refractivity contribution in [3.05, 3.63) is 59.7 Å². The van der Waals surface area contributed by atoms with Gasteiger partial charge in [0.05, 0.1) is 26.1 Å². The van der Waals surface area contributed by atoms with E-state index in [2.05, 4.69) is 0 Å². The van der Waals surface area contributed by atoms with E-state index in [1.807, 2.05) is 53.4 Å². The summed E-state index contributed by atoms with van der Waals surface area (Å²) in [5.41, 5.74) is 2.04. The van der Waals surface area contributed by atoms with Crippen LogP contribution in [0, 0.1) is 0 Å². The summed E-state index contributed by atoms with van der Waals surface area (Å²) in [4.78, 5) is 14.5. The number of benzene rings is 2. The molecular formula is C21H23NO5. The third kappa shape index (κ3) is 3.91. The van der Waals surface area contributed by atoms with Gasteiger partial charge in [0.2, 0.25) is 12.7 Å². The SMILES string of the molecule is COCCC(=O)N1C[C@@H](c2ccccc2)O[C@@H](c2ccc3c(c2)OCO3)C1. The highest BCUT2D eigenvalue weighted by atomic mass is 16.7. The summed E-state index contributed by atoms with van der Waals surface area (Å²) in [6.45, 7) is 1.69. The predicted molar refractivity (Wildman–Crippen MR) is 98.6 cm³/mol. The molecule has 2 heterocycles. The summed E-state index contributed by atoms with van der Waals surface area (Å²) in [6.07, 6.45) is -0.0434. The topological polar surface area (TPSA) is 57.2 Å². The lowest BCUT2D eigenvalue weighted by Crippen LogP contribution is -2.44. The molecule has 0 saturated carbocycles. The molecule has 0 spiro atoms. The molecule has 6 heteroatoms. The number of hydrogen-bond acceptors (Lipinski definition) is 5. The van der Waals surface area contributed by atoms with Crippen molar-refractivity contribution in [3.8, 4) is 11.5 Å². The van der Waals surface area contributed by atoms with Gasteiger partial charge in [-0.3, -0.25) is 4.79 Å². The molecule has 0 N–H and O–H groups in total. The number of rotatable bonds is 5. The first-order valence-electron chi connectivity index (χ1n) is 9.11. The van der Waals surface area contributed by atoms with Crippen molar-refractivity contribution in [3.63, 3.8) is 0 Å². The zero-order chi connectivity index (χ0) is 18.6. The van der Waals surface area contributed by atoms with E-state index < -0.39 is 0 Å². The van der Waals surface area contributed by atoms with E-state index in [-0.39, 0.29) is 24.9 Å². The fourth-order valence-corrected chi connectivity index (χ4v) is 3.46. The molecule has 2 aromatic rings. The van der Waals surface area contributed by atoms with Crippen LogP contribution >= 0.6 is 0 Å². The smallest absolute Gasteiger partial charge is 0.231 e. The third-order valence-corrected chi connectivity index (χ3v) is 4.91. The van der Waals surface area contributed by atoms with Gasteiger partial charge in [-0.25, -0.2) is 0 Å². The van der Waals surface area contributed by atoms with Gasteiger partial charge in [-0.2, -0.15) is 0 Å². The molecule has 142 valence electrons. The van der Waals surface area contributed by atoms with Gasteiger partial charge >= 0.3 is 0 Å². The van der Waals surface area contributed by atoms with Crippen LogP contribution in [0.25, 0.3) is 0 Å². The minimum atomic E-state index is -0.232. The van der Waals surface area contributed by atoms with Crippen LogP contribution in [0.1, 0.15) is 29.8 Å². The Labute approximate surface area is 158 Å². The molecule has 0 radical (unpaired) electrons. The molecule has 6 nitrogen and oxygen atoms in total.